The van der Waals surface area contributed by atoms with Crippen molar-refractivity contribution in [2.45, 2.75) is 4.90 Å². The van der Waals surface area contributed by atoms with E-state index in [2.05, 4.69) is 14.1 Å². The van der Waals surface area contributed by atoms with Crippen LogP contribution in [0.4, 0.5) is 5.69 Å². The van der Waals surface area contributed by atoms with Crippen LogP contribution < -0.4 is 19.5 Å². The summed E-state index contributed by atoms with van der Waals surface area (Å²) in [5, 5.41) is 2.54. The molecule has 1 heterocycles. The molecule has 0 saturated carbocycles. The maximum Gasteiger partial charge on any atom is 0.239 e. The zero-order chi connectivity index (χ0) is 20.3. The molecule has 0 bridgehead atoms. The van der Waals surface area contributed by atoms with Gasteiger partial charge in [0, 0.05) is 17.8 Å². The van der Waals surface area contributed by atoms with Crippen molar-refractivity contribution in [2.24, 2.45) is 0 Å². The van der Waals surface area contributed by atoms with E-state index in [1.807, 2.05) is 0 Å². The van der Waals surface area contributed by atoms with Crippen LogP contribution in [0.3, 0.4) is 0 Å². The SMILES string of the molecule is COc1cc(NC(=O)CS(=O)(=O)c2cccc3nsnc23)cc(OC)c1OC. The Morgan fingerprint density at radius 1 is 1.07 bits per heavy atom. The predicted molar refractivity (Wildman–Crippen MR) is 104 cm³/mol. The molecular weight excluding hydrogens is 406 g/mol. The molecule has 0 aliphatic heterocycles. The Bertz CT molecular complexity index is 1100. The Morgan fingerprint density at radius 3 is 2.36 bits per heavy atom. The van der Waals surface area contributed by atoms with Crippen LogP contribution in [0.25, 0.3) is 11.0 Å². The second-order valence-corrected chi connectivity index (χ2v) is 8.10. The van der Waals surface area contributed by atoms with Gasteiger partial charge in [0.15, 0.2) is 21.3 Å². The molecule has 0 fully saturated rings. The second kappa shape index (κ2) is 7.98. The summed E-state index contributed by atoms with van der Waals surface area (Å²) in [6.45, 7) is 0. The number of nitrogens with zero attached hydrogens (tertiary/aromatic N) is 2. The Morgan fingerprint density at radius 2 is 1.75 bits per heavy atom. The first-order valence-corrected chi connectivity index (χ1v) is 10.3. The Balaban J connectivity index is 1.85. The summed E-state index contributed by atoms with van der Waals surface area (Å²) >= 11 is 0.912. The minimum Gasteiger partial charge on any atom is -0.493 e. The Labute approximate surface area is 165 Å². The lowest BCUT2D eigenvalue weighted by Gasteiger charge is -2.14. The minimum atomic E-state index is -3.92. The number of hydrogen-bond donors (Lipinski definition) is 1. The maximum absolute atomic E-state index is 12.7. The molecule has 0 saturated heterocycles. The lowest BCUT2D eigenvalue weighted by Crippen LogP contribution is -2.23. The predicted octanol–water partition coefficient (Wildman–Crippen LogP) is 2.13. The van der Waals surface area contributed by atoms with Crippen molar-refractivity contribution >= 4 is 44.2 Å². The second-order valence-electron chi connectivity index (χ2n) is 5.61. The average Bonchev–Trinajstić information content (AvgIpc) is 3.15. The number of nitrogens with one attached hydrogen (secondary N) is 1. The number of hydrogen-bond acceptors (Lipinski definition) is 9. The number of rotatable bonds is 7. The highest BCUT2D eigenvalue weighted by atomic mass is 32.2. The van der Waals surface area contributed by atoms with E-state index in [9.17, 15) is 13.2 Å². The van der Waals surface area contributed by atoms with E-state index in [1.165, 1.54) is 39.5 Å². The molecule has 1 aromatic heterocycles. The minimum absolute atomic E-state index is 0.0289. The van der Waals surface area contributed by atoms with Gasteiger partial charge in [0.1, 0.15) is 16.8 Å². The van der Waals surface area contributed by atoms with Crippen LogP contribution in [0.1, 0.15) is 0 Å². The molecule has 148 valence electrons. The molecule has 0 radical (unpaired) electrons. The standard InChI is InChI=1S/C17H17N3O6S2/c1-24-12-7-10(8-13(25-2)17(12)26-3)18-15(21)9-28(22,23)14-6-4-5-11-16(14)20-27-19-11/h4-8H,9H2,1-3H3,(H,18,21). The van der Waals surface area contributed by atoms with E-state index < -0.39 is 21.5 Å². The van der Waals surface area contributed by atoms with E-state index in [-0.39, 0.29) is 10.4 Å². The third kappa shape index (κ3) is 3.85. The van der Waals surface area contributed by atoms with Crippen molar-refractivity contribution in [3.63, 3.8) is 0 Å². The molecule has 3 aromatic rings. The number of sulfone groups is 1. The van der Waals surface area contributed by atoms with E-state index in [1.54, 1.807) is 12.1 Å². The smallest absolute Gasteiger partial charge is 0.239 e. The van der Waals surface area contributed by atoms with E-state index >= 15 is 0 Å². The van der Waals surface area contributed by atoms with Crippen LogP contribution in [0, 0.1) is 0 Å². The molecule has 0 aliphatic carbocycles. The van der Waals surface area contributed by atoms with Crippen LogP contribution in [-0.4, -0.2) is 50.2 Å². The zero-order valence-corrected chi connectivity index (χ0v) is 16.9. The van der Waals surface area contributed by atoms with Gasteiger partial charge in [-0.2, -0.15) is 8.75 Å². The summed E-state index contributed by atoms with van der Waals surface area (Å²) in [5.74, 6) is -0.440. The molecule has 9 nitrogen and oxygen atoms in total. The number of aromatic nitrogens is 2. The van der Waals surface area contributed by atoms with Crippen LogP contribution in [0.15, 0.2) is 35.2 Å². The van der Waals surface area contributed by atoms with Crippen molar-refractivity contribution in [1.29, 1.82) is 0 Å². The first-order valence-electron chi connectivity index (χ1n) is 7.93. The normalized spacial score (nSPS) is 11.2. The Hall–Kier alpha value is -2.92. The number of carbonyl (C=O) groups excluding carboxylic acids is 1. The third-order valence-corrected chi connectivity index (χ3v) is 6.04. The summed E-state index contributed by atoms with van der Waals surface area (Å²) in [5.41, 5.74) is 1.03. The van der Waals surface area contributed by atoms with Gasteiger partial charge in [-0.15, -0.1) is 0 Å². The highest BCUT2D eigenvalue weighted by molar-refractivity contribution is 7.92. The van der Waals surface area contributed by atoms with Crippen LogP contribution in [0.2, 0.25) is 0 Å². The van der Waals surface area contributed by atoms with Gasteiger partial charge in [-0.05, 0) is 12.1 Å². The molecule has 0 unspecified atom stereocenters. The summed E-state index contributed by atoms with van der Waals surface area (Å²) in [7, 11) is 0.423. The fourth-order valence-electron chi connectivity index (χ4n) is 2.63. The molecule has 2 aromatic carbocycles. The van der Waals surface area contributed by atoms with E-state index in [0.29, 0.717) is 28.5 Å². The number of amides is 1. The molecular formula is C17H17N3O6S2. The molecule has 1 amide bonds. The van der Waals surface area contributed by atoms with Crippen molar-refractivity contribution < 1.29 is 27.4 Å². The van der Waals surface area contributed by atoms with Gasteiger partial charge in [-0.25, -0.2) is 8.42 Å². The first-order chi connectivity index (χ1) is 13.4. The van der Waals surface area contributed by atoms with Crippen LogP contribution in [-0.2, 0) is 14.6 Å². The summed E-state index contributed by atoms with van der Waals surface area (Å²) in [6, 6.07) is 7.65. The number of fused-ring (bicyclic) bond motifs is 1. The zero-order valence-electron chi connectivity index (χ0n) is 15.3. The number of anilines is 1. The highest BCUT2D eigenvalue weighted by Crippen LogP contribution is 2.39. The molecule has 28 heavy (non-hydrogen) atoms. The van der Waals surface area contributed by atoms with Gasteiger partial charge in [0.2, 0.25) is 11.7 Å². The first kappa shape index (κ1) is 19.8. The van der Waals surface area contributed by atoms with Gasteiger partial charge in [0.25, 0.3) is 0 Å². The van der Waals surface area contributed by atoms with Crippen molar-refractivity contribution in [3.8, 4) is 17.2 Å². The third-order valence-electron chi connectivity index (χ3n) is 3.85. The molecule has 3 rings (SSSR count). The lowest BCUT2D eigenvalue weighted by molar-refractivity contribution is -0.113. The number of carbonyl (C=O) groups is 1. The largest absolute Gasteiger partial charge is 0.493 e. The van der Waals surface area contributed by atoms with Gasteiger partial charge < -0.3 is 19.5 Å². The van der Waals surface area contributed by atoms with Crippen LogP contribution in [0.5, 0.6) is 17.2 Å². The lowest BCUT2D eigenvalue weighted by atomic mass is 10.2. The van der Waals surface area contributed by atoms with Gasteiger partial charge in [0.05, 0.1) is 38.0 Å². The average molecular weight is 423 g/mol. The van der Waals surface area contributed by atoms with Gasteiger partial charge in [-0.1, -0.05) is 6.07 Å². The van der Waals surface area contributed by atoms with Crippen molar-refractivity contribution in [1.82, 2.24) is 8.75 Å². The molecule has 0 aliphatic rings. The summed E-state index contributed by atoms with van der Waals surface area (Å²) in [6.07, 6.45) is 0. The van der Waals surface area contributed by atoms with E-state index in [4.69, 9.17) is 14.2 Å². The Kier molecular flexibility index (Phi) is 5.66. The highest BCUT2D eigenvalue weighted by Gasteiger charge is 2.24. The summed E-state index contributed by atoms with van der Waals surface area (Å²) < 4.78 is 49.1. The van der Waals surface area contributed by atoms with Gasteiger partial charge in [-0.3, -0.25) is 4.79 Å². The van der Waals surface area contributed by atoms with Crippen molar-refractivity contribution in [2.75, 3.05) is 32.4 Å². The summed E-state index contributed by atoms with van der Waals surface area (Å²) in [4.78, 5) is 12.4. The quantitative estimate of drug-likeness (QED) is 0.614. The van der Waals surface area contributed by atoms with Crippen molar-refractivity contribution in [3.05, 3.63) is 30.3 Å². The molecule has 0 spiro atoms. The van der Waals surface area contributed by atoms with E-state index in [0.717, 1.165) is 11.7 Å². The fraction of sp³-hybridized carbons (Fsp3) is 0.235. The molecule has 1 N–H and O–H groups in total. The molecule has 0 atom stereocenters. The number of ether oxygens (including phenoxy) is 3. The number of benzene rings is 2. The fourth-order valence-corrected chi connectivity index (χ4v) is 4.54. The van der Waals surface area contributed by atoms with Crippen LogP contribution >= 0.6 is 11.7 Å². The van der Waals surface area contributed by atoms with Gasteiger partial charge >= 0.3 is 0 Å². The number of methoxy groups -OCH3 is 3. The molecule has 11 heteroatoms. The topological polar surface area (TPSA) is 117 Å². The monoisotopic (exact) mass is 423 g/mol. The maximum atomic E-state index is 12.7.